The van der Waals surface area contributed by atoms with Crippen LogP contribution in [0.5, 0.6) is 0 Å². The van der Waals surface area contributed by atoms with Crippen LogP contribution in [0.4, 0.5) is 0 Å². The van der Waals surface area contributed by atoms with Crippen molar-refractivity contribution in [2.24, 2.45) is 0 Å². The first kappa shape index (κ1) is 12.3. The van der Waals surface area contributed by atoms with Crippen LogP contribution in [0.25, 0.3) is 10.9 Å². The highest BCUT2D eigenvalue weighted by Gasteiger charge is 2.21. The van der Waals surface area contributed by atoms with E-state index in [1.807, 2.05) is 0 Å². The highest BCUT2D eigenvalue weighted by atomic mass is 16.1. The van der Waals surface area contributed by atoms with E-state index in [1.54, 1.807) is 6.92 Å². The van der Waals surface area contributed by atoms with Gasteiger partial charge in [-0.2, -0.15) is 0 Å². The smallest absolute Gasteiger partial charge is 0.160 e. The summed E-state index contributed by atoms with van der Waals surface area (Å²) < 4.78 is 0. The second-order valence-corrected chi connectivity index (χ2v) is 5.65. The summed E-state index contributed by atoms with van der Waals surface area (Å²) in [5, 5.41) is 1.05. The maximum absolute atomic E-state index is 12.1. The Morgan fingerprint density at radius 3 is 2.63 bits per heavy atom. The van der Waals surface area contributed by atoms with Gasteiger partial charge in [0.1, 0.15) is 0 Å². The average molecular weight is 253 g/mol. The number of fused-ring (bicyclic) bond motifs is 2. The Hall–Kier alpha value is -1.70. The first-order valence-electron chi connectivity index (χ1n) is 7.01. The molecule has 0 radical (unpaired) electrons. The summed E-state index contributed by atoms with van der Waals surface area (Å²) >= 11 is 0. The molecule has 0 amide bonds. The third-order valence-electron chi connectivity index (χ3n) is 4.05. The Balaban J connectivity index is 2.46. The Morgan fingerprint density at radius 2 is 1.89 bits per heavy atom. The lowest BCUT2D eigenvalue weighted by Gasteiger charge is -2.20. The first-order chi connectivity index (χ1) is 9.08. The van der Waals surface area contributed by atoms with Gasteiger partial charge in [0.05, 0.1) is 5.52 Å². The Labute approximate surface area is 113 Å². The number of aryl methyl sites for hydroxylation is 3. The third-order valence-corrected chi connectivity index (χ3v) is 4.05. The SMILES string of the molecule is CC(=O)c1c2c(nc3c(C)cc(C)cc13)CCCC2. The quantitative estimate of drug-likeness (QED) is 0.721. The Kier molecular flexibility index (Phi) is 2.89. The molecular formula is C17H19NO. The highest BCUT2D eigenvalue weighted by Crippen LogP contribution is 2.31. The predicted molar refractivity (Wildman–Crippen MR) is 77.9 cm³/mol. The predicted octanol–water partition coefficient (Wildman–Crippen LogP) is 3.93. The molecular weight excluding hydrogens is 234 g/mol. The van der Waals surface area contributed by atoms with E-state index >= 15 is 0 Å². The van der Waals surface area contributed by atoms with Gasteiger partial charge in [-0.3, -0.25) is 9.78 Å². The van der Waals surface area contributed by atoms with Gasteiger partial charge in [-0.15, -0.1) is 0 Å². The summed E-state index contributed by atoms with van der Waals surface area (Å²) in [5.74, 6) is 0.176. The number of carbonyl (C=O) groups excluding carboxylic acids is 1. The number of benzene rings is 1. The molecule has 0 saturated carbocycles. The van der Waals surface area contributed by atoms with E-state index in [0.29, 0.717) is 0 Å². The van der Waals surface area contributed by atoms with E-state index in [-0.39, 0.29) is 5.78 Å². The van der Waals surface area contributed by atoms with Crippen LogP contribution in [0.1, 0.15) is 52.5 Å². The number of hydrogen-bond acceptors (Lipinski definition) is 2. The molecule has 1 aromatic heterocycles. The highest BCUT2D eigenvalue weighted by molar-refractivity contribution is 6.08. The number of ketones is 1. The molecule has 0 atom stereocenters. The number of hydrogen-bond donors (Lipinski definition) is 0. The van der Waals surface area contributed by atoms with Gasteiger partial charge in [0.2, 0.25) is 0 Å². The van der Waals surface area contributed by atoms with Gasteiger partial charge in [-0.25, -0.2) is 0 Å². The molecule has 19 heavy (non-hydrogen) atoms. The van der Waals surface area contributed by atoms with Crippen molar-refractivity contribution >= 4 is 16.7 Å². The zero-order valence-electron chi connectivity index (χ0n) is 11.8. The van der Waals surface area contributed by atoms with Crippen molar-refractivity contribution in [2.75, 3.05) is 0 Å². The van der Waals surface area contributed by atoms with Crippen molar-refractivity contribution in [1.82, 2.24) is 4.98 Å². The standard InChI is InChI=1S/C17H19NO/c1-10-8-11(2)17-14(9-10)16(12(3)19)13-6-4-5-7-15(13)18-17/h8-9H,4-7H2,1-3H3. The fourth-order valence-electron chi connectivity index (χ4n) is 3.28. The summed E-state index contributed by atoms with van der Waals surface area (Å²) in [4.78, 5) is 17.0. The zero-order valence-corrected chi connectivity index (χ0v) is 11.8. The van der Waals surface area contributed by atoms with E-state index in [9.17, 15) is 4.79 Å². The number of aromatic nitrogens is 1. The van der Waals surface area contributed by atoms with Crippen LogP contribution in [0.3, 0.4) is 0 Å². The van der Waals surface area contributed by atoms with Crippen molar-refractivity contribution in [3.63, 3.8) is 0 Å². The van der Waals surface area contributed by atoms with Crippen LogP contribution in [-0.4, -0.2) is 10.8 Å². The molecule has 3 rings (SSSR count). The molecule has 0 saturated heterocycles. The molecule has 0 spiro atoms. The van der Waals surface area contributed by atoms with Gasteiger partial charge < -0.3 is 0 Å². The molecule has 0 unspecified atom stereocenters. The van der Waals surface area contributed by atoms with Crippen molar-refractivity contribution in [1.29, 1.82) is 0 Å². The molecule has 2 aromatic rings. The second kappa shape index (κ2) is 4.44. The number of carbonyl (C=O) groups is 1. The van der Waals surface area contributed by atoms with Gasteiger partial charge in [-0.05, 0) is 63.6 Å². The van der Waals surface area contributed by atoms with Crippen LogP contribution in [0.15, 0.2) is 12.1 Å². The van der Waals surface area contributed by atoms with Gasteiger partial charge >= 0.3 is 0 Å². The monoisotopic (exact) mass is 253 g/mol. The van der Waals surface area contributed by atoms with Gasteiger partial charge in [0, 0.05) is 16.6 Å². The summed E-state index contributed by atoms with van der Waals surface area (Å²) in [6, 6.07) is 4.26. The number of nitrogens with zero attached hydrogens (tertiary/aromatic N) is 1. The molecule has 0 bridgehead atoms. The van der Waals surface area contributed by atoms with Crippen LogP contribution in [-0.2, 0) is 12.8 Å². The molecule has 0 fully saturated rings. The van der Waals surface area contributed by atoms with Gasteiger partial charge in [-0.1, -0.05) is 11.6 Å². The maximum Gasteiger partial charge on any atom is 0.160 e. The molecule has 1 aromatic carbocycles. The largest absolute Gasteiger partial charge is 0.294 e. The van der Waals surface area contributed by atoms with Crippen molar-refractivity contribution in [3.8, 4) is 0 Å². The minimum atomic E-state index is 0.176. The van der Waals surface area contributed by atoms with Gasteiger partial charge in [0.25, 0.3) is 0 Å². The molecule has 0 aliphatic heterocycles. The zero-order chi connectivity index (χ0) is 13.6. The fraction of sp³-hybridized carbons (Fsp3) is 0.412. The minimum Gasteiger partial charge on any atom is -0.294 e. The van der Waals surface area contributed by atoms with Crippen LogP contribution in [0, 0.1) is 13.8 Å². The number of rotatable bonds is 1. The molecule has 1 aliphatic rings. The first-order valence-corrected chi connectivity index (χ1v) is 7.01. The summed E-state index contributed by atoms with van der Waals surface area (Å²) in [7, 11) is 0. The molecule has 98 valence electrons. The second-order valence-electron chi connectivity index (χ2n) is 5.65. The average Bonchev–Trinajstić information content (AvgIpc) is 2.36. The summed E-state index contributed by atoms with van der Waals surface area (Å²) in [6.07, 6.45) is 4.37. The molecule has 0 N–H and O–H groups in total. The number of pyridine rings is 1. The third kappa shape index (κ3) is 1.95. The topological polar surface area (TPSA) is 30.0 Å². The number of Topliss-reactive ketones (excluding diaryl/α,β-unsaturated/α-hetero) is 1. The van der Waals surface area contributed by atoms with Crippen molar-refractivity contribution in [2.45, 2.75) is 46.5 Å². The van der Waals surface area contributed by atoms with Crippen LogP contribution < -0.4 is 0 Å². The Morgan fingerprint density at radius 1 is 1.16 bits per heavy atom. The molecule has 2 nitrogen and oxygen atoms in total. The van der Waals surface area contributed by atoms with Crippen molar-refractivity contribution in [3.05, 3.63) is 40.1 Å². The lowest BCUT2D eigenvalue weighted by atomic mass is 9.87. The van der Waals surface area contributed by atoms with E-state index < -0.39 is 0 Å². The summed E-state index contributed by atoms with van der Waals surface area (Å²) in [5.41, 5.74) is 6.66. The molecule has 2 heteroatoms. The summed E-state index contributed by atoms with van der Waals surface area (Å²) in [6.45, 7) is 5.85. The van der Waals surface area contributed by atoms with E-state index in [2.05, 4.69) is 26.0 Å². The van der Waals surface area contributed by atoms with Crippen LogP contribution >= 0.6 is 0 Å². The molecule has 1 aliphatic carbocycles. The van der Waals surface area contributed by atoms with Crippen LogP contribution in [0.2, 0.25) is 0 Å². The van der Waals surface area contributed by atoms with E-state index in [4.69, 9.17) is 4.98 Å². The van der Waals surface area contributed by atoms with E-state index in [0.717, 1.165) is 35.0 Å². The minimum absolute atomic E-state index is 0.176. The maximum atomic E-state index is 12.1. The lowest BCUT2D eigenvalue weighted by molar-refractivity contribution is 0.101. The van der Waals surface area contributed by atoms with Crippen molar-refractivity contribution < 1.29 is 4.79 Å². The fourth-order valence-corrected chi connectivity index (χ4v) is 3.28. The Bertz CT molecular complexity index is 685. The molecule has 1 heterocycles. The normalized spacial score (nSPS) is 14.5. The lowest BCUT2D eigenvalue weighted by Crippen LogP contribution is -2.12. The van der Waals surface area contributed by atoms with E-state index in [1.165, 1.54) is 29.5 Å². The van der Waals surface area contributed by atoms with Gasteiger partial charge in [0.15, 0.2) is 5.78 Å².